The highest BCUT2D eigenvalue weighted by Gasteiger charge is 2.20. The van der Waals surface area contributed by atoms with Gasteiger partial charge in [0.2, 0.25) is 5.91 Å². The summed E-state index contributed by atoms with van der Waals surface area (Å²) in [6.07, 6.45) is 4.18. The minimum atomic E-state index is -0.565. The number of carbonyl (C=O) groups is 2. The lowest BCUT2D eigenvalue weighted by Crippen LogP contribution is -2.48. The van der Waals surface area contributed by atoms with Crippen LogP contribution >= 0.6 is 0 Å². The van der Waals surface area contributed by atoms with Crippen LogP contribution in [0.25, 0.3) is 0 Å². The minimum Gasteiger partial charge on any atom is -0.493 e. The van der Waals surface area contributed by atoms with Crippen LogP contribution in [-0.2, 0) is 4.79 Å². The summed E-state index contributed by atoms with van der Waals surface area (Å²) in [6.45, 7) is 1.71. The van der Waals surface area contributed by atoms with E-state index in [4.69, 9.17) is 9.47 Å². The fourth-order valence-electron chi connectivity index (χ4n) is 3.28. The Labute approximate surface area is 170 Å². The molecule has 7 nitrogen and oxygen atoms in total. The second-order valence-corrected chi connectivity index (χ2v) is 7.09. The molecule has 1 aliphatic rings. The predicted octanol–water partition coefficient (Wildman–Crippen LogP) is 4.06. The molecular formula is C22H27N3O4. The number of urea groups is 1. The van der Waals surface area contributed by atoms with Crippen LogP contribution in [0.1, 0.15) is 32.6 Å². The van der Waals surface area contributed by atoms with Crippen LogP contribution in [0, 0.1) is 0 Å². The lowest BCUT2D eigenvalue weighted by molar-refractivity contribution is -0.120. The van der Waals surface area contributed by atoms with Crippen molar-refractivity contribution in [1.82, 2.24) is 10.6 Å². The Morgan fingerprint density at radius 1 is 1.00 bits per heavy atom. The molecule has 29 heavy (non-hydrogen) atoms. The molecule has 0 aliphatic heterocycles. The van der Waals surface area contributed by atoms with E-state index in [9.17, 15) is 9.59 Å². The molecule has 3 rings (SSSR count). The van der Waals surface area contributed by atoms with Gasteiger partial charge in [0, 0.05) is 11.7 Å². The zero-order chi connectivity index (χ0) is 20.6. The highest BCUT2D eigenvalue weighted by atomic mass is 16.5. The second-order valence-electron chi connectivity index (χ2n) is 7.09. The molecule has 154 valence electrons. The monoisotopic (exact) mass is 397 g/mol. The van der Waals surface area contributed by atoms with Crippen LogP contribution in [0.5, 0.6) is 17.2 Å². The molecule has 1 aliphatic carbocycles. The van der Waals surface area contributed by atoms with Gasteiger partial charge in [0.25, 0.3) is 0 Å². The molecule has 1 atom stereocenters. The van der Waals surface area contributed by atoms with E-state index in [1.54, 1.807) is 26.2 Å². The Hall–Kier alpha value is -3.22. The van der Waals surface area contributed by atoms with E-state index in [1.807, 2.05) is 36.4 Å². The molecule has 0 aromatic heterocycles. The number of ether oxygens (including phenoxy) is 2. The third-order valence-corrected chi connectivity index (χ3v) is 4.85. The van der Waals surface area contributed by atoms with E-state index < -0.39 is 12.1 Å². The summed E-state index contributed by atoms with van der Waals surface area (Å²) < 4.78 is 11.1. The molecule has 3 N–H and O–H groups in total. The molecule has 1 unspecified atom stereocenters. The summed E-state index contributed by atoms with van der Waals surface area (Å²) in [5, 5.41) is 8.32. The van der Waals surface area contributed by atoms with Crippen molar-refractivity contribution in [2.24, 2.45) is 0 Å². The van der Waals surface area contributed by atoms with Crippen molar-refractivity contribution in [2.45, 2.75) is 44.7 Å². The summed E-state index contributed by atoms with van der Waals surface area (Å²) in [5.74, 6) is 1.54. The molecule has 0 spiro atoms. The van der Waals surface area contributed by atoms with E-state index in [0.29, 0.717) is 17.2 Å². The van der Waals surface area contributed by atoms with Crippen molar-refractivity contribution >= 4 is 17.6 Å². The Morgan fingerprint density at radius 2 is 1.66 bits per heavy atom. The molecule has 2 aromatic rings. The molecule has 7 heteroatoms. The molecular weight excluding hydrogens is 370 g/mol. The molecule has 0 heterocycles. The van der Waals surface area contributed by atoms with Gasteiger partial charge in [0.05, 0.1) is 7.11 Å². The number of benzene rings is 2. The van der Waals surface area contributed by atoms with Crippen LogP contribution in [0.3, 0.4) is 0 Å². The minimum absolute atomic E-state index is 0.168. The first kappa shape index (κ1) is 20.5. The maximum Gasteiger partial charge on any atom is 0.321 e. The van der Waals surface area contributed by atoms with Crippen molar-refractivity contribution in [3.05, 3.63) is 48.5 Å². The Balaban J connectivity index is 1.50. The first-order valence-corrected chi connectivity index (χ1v) is 9.84. The van der Waals surface area contributed by atoms with Crippen LogP contribution in [-0.4, -0.2) is 31.1 Å². The lowest BCUT2D eigenvalue weighted by Gasteiger charge is -2.17. The largest absolute Gasteiger partial charge is 0.493 e. The van der Waals surface area contributed by atoms with E-state index in [1.165, 1.54) is 0 Å². The van der Waals surface area contributed by atoms with E-state index in [2.05, 4.69) is 16.0 Å². The zero-order valence-electron chi connectivity index (χ0n) is 16.7. The quantitative estimate of drug-likeness (QED) is 0.656. The predicted molar refractivity (Wildman–Crippen MR) is 112 cm³/mol. The van der Waals surface area contributed by atoms with Crippen molar-refractivity contribution in [3.8, 4) is 17.2 Å². The van der Waals surface area contributed by atoms with Crippen LogP contribution in [0.4, 0.5) is 10.5 Å². The molecule has 1 saturated carbocycles. The van der Waals surface area contributed by atoms with Gasteiger partial charge in [-0.05, 0) is 56.2 Å². The SMILES string of the molecule is COc1ccccc1Oc1ccc(NC(C)C(=O)NC(=O)NC2CCCC2)cc1. The zero-order valence-corrected chi connectivity index (χ0v) is 16.7. The lowest BCUT2D eigenvalue weighted by atomic mass is 10.2. The van der Waals surface area contributed by atoms with Crippen LogP contribution in [0.2, 0.25) is 0 Å². The van der Waals surface area contributed by atoms with Crippen LogP contribution < -0.4 is 25.4 Å². The first-order valence-electron chi connectivity index (χ1n) is 9.84. The first-order chi connectivity index (χ1) is 14.0. The number of imide groups is 1. The third-order valence-electron chi connectivity index (χ3n) is 4.85. The smallest absolute Gasteiger partial charge is 0.321 e. The van der Waals surface area contributed by atoms with Gasteiger partial charge in [-0.15, -0.1) is 0 Å². The highest BCUT2D eigenvalue weighted by molar-refractivity contribution is 5.98. The molecule has 2 aromatic carbocycles. The number of nitrogens with one attached hydrogen (secondary N) is 3. The summed E-state index contributed by atoms with van der Waals surface area (Å²) in [7, 11) is 1.59. The van der Waals surface area contributed by atoms with Gasteiger partial charge in [-0.2, -0.15) is 0 Å². The number of para-hydroxylation sites is 2. The van der Waals surface area contributed by atoms with E-state index in [-0.39, 0.29) is 11.9 Å². The standard InChI is InChI=1S/C22H27N3O4/c1-15(21(26)25-22(27)24-16-7-3-4-8-16)23-17-11-13-18(14-12-17)29-20-10-6-5-9-19(20)28-2/h5-6,9-16,23H,3-4,7-8H2,1-2H3,(H2,24,25,26,27). The van der Waals surface area contributed by atoms with Crippen molar-refractivity contribution in [3.63, 3.8) is 0 Å². The van der Waals surface area contributed by atoms with Crippen molar-refractivity contribution in [2.75, 3.05) is 12.4 Å². The number of hydrogen-bond donors (Lipinski definition) is 3. The fourth-order valence-corrected chi connectivity index (χ4v) is 3.28. The maximum absolute atomic E-state index is 12.2. The number of amides is 3. The fraction of sp³-hybridized carbons (Fsp3) is 0.364. The average Bonchev–Trinajstić information content (AvgIpc) is 3.22. The average molecular weight is 397 g/mol. The molecule has 3 amide bonds. The third kappa shape index (κ3) is 5.88. The van der Waals surface area contributed by atoms with Gasteiger partial charge in [0.1, 0.15) is 11.8 Å². The number of hydrogen-bond acceptors (Lipinski definition) is 5. The second kappa shape index (κ2) is 9.82. The maximum atomic E-state index is 12.2. The van der Waals surface area contributed by atoms with E-state index in [0.717, 1.165) is 31.4 Å². The number of methoxy groups -OCH3 is 1. The number of carbonyl (C=O) groups excluding carboxylic acids is 2. The van der Waals surface area contributed by atoms with Crippen LogP contribution in [0.15, 0.2) is 48.5 Å². The Morgan fingerprint density at radius 3 is 2.31 bits per heavy atom. The van der Waals surface area contributed by atoms with E-state index >= 15 is 0 Å². The Kier molecular flexibility index (Phi) is 6.94. The molecule has 0 saturated heterocycles. The molecule has 0 radical (unpaired) electrons. The number of anilines is 1. The summed E-state index contributed by atoms with van der Waals surface area (Å²) in [4.78, 5) is 24.2. The summed E-state index contributed by atoms with van der Waals surface area (Å²) in [5.41, 5.74) is 0.747. The summed E-state index contributed by atoms with van der Waals surface area (Å²) >= 11 is 0. The topological polar surface area (TPSA) is 88.7 Å². The highest BCUT2D eigenvalue weighted by Crippen LogP contribution is 2.31. The van der Waals surface area contributed by atoms with Gasteiger partial charge in [0.15, 0.2) is 11.5 Å². The normalized spacial score (nSPS) is 14.7. The van der Waals surface area contributed by atoms with Gasteiger partial charge in [-0.25, -0.2) is 4.79 Å². The molecule has 1 fully saturated rings. The summed E-state index contributed by atoms with van der Waals surface area (Å²) in [6, 6.07) is 13.8. The van der Waals surface area contributed by atoms with Gasteiger partial charge in [-0.1, -0.05) is 25.0 Å². The van der Waals surface area contributed by atoms with Crippen molar-refractivity contribution < 1.29 is 19.1 Å². The van der Waals surface area contributed by atoms with Gasteiger partial charge >= 0.3 is 6.03 Å². The number of rotatable bonds is 7. The van der Waals surface area contributed by atoms with Gasteiger partial charge in [-0.3, -0.25) is 10.1 Å². The Bertz CT molecular complexity index is 832. The van der Waals surface area contributed by atoms with Crippen molar-refractivity contribution in [1.29, 1.82) is 0 Å². The molecule has 0 bridgehead atoms. The van der Waals surface area contributed by atoms with Gasteiger partial charge < -0.3 is 20.1 Å².